The van der Waals surface area contributed by atoms with Gasteiger partial charge in [0, 0.05) is 49.8 Å². The van der Waals surface area contributed by atoms with Gasteiger partial charge in [-0.2, -0.15) is 0 Å². The lowest BCUT2D eigenvalue weighted by Crippen LogP contribution is -2.52. The van der Waals surface area contributed by atoms with Crippen molar-refractivity contribution in [2.75, 3.05) is 26.2 Å². The predicted molar refractivity (Wildman–Crippen MR) is 103 cm³/mol. The van der Waals surface area contributed by atoms with Crippen LogP contribution in [0.4, 0.5) is 0 Å². The molecule has 1 aliphatic heterocycles. The van der Waals surface area contributed by atoms with Gasteiger partial charge in [-0.15, -0.1) is 0 Å². The number of fused-ring (bicyclic) bond motifs is 1. The molecule has 3 heterocycles. The van der Waals surface area contributed by atoms with Crippen LogP contribution in [-0.2, 0) is 11.8 Å². The summed E-state index contributed by atoms with van der Waals surface area (Å²) in [5.41, 5.74) is 2.15. The van der Waals surface area contributed by atoms with E-state index < -0.39 is 11.7 Å². The lowest BCUT2D eigenvalue weighted by molar-refractivity contribution is -0.127. The zero-order chi connectivity index (χ0) is 19.8. The smallest absolute Gasteiger partial charge is 0.295 e. The third-order valence-corrected chi connectivity index (χ3v) is 5.41. The molecule has 3 aromatic rings. The number of nitrogens with zero attached hydrogens (tertiary/aromatic N) is 3. The van der Waals surface area contributed by atoms with E-state index in [1.54, 1.807) is 17.0 Å². The zero-order valence-corrected chi connectivity index (χ0v) is 15.8. The Morgan fingerprint density at radius 1 is 0.929 bits per heavy atom. The molecule has 0 radical (unpaired) electrons. The molecule has 1 aliphatic rings. The Morgan fingerprint density at radius 3 is 2.29 bits per heavy atom. The lowest BCUT2D eigenvalue weighted by atomic mass is 10.1. The van der Waals surface area contributed by atoms with Crippen LogP contribution >= 0.6 is 0 Å². The highest BCUT2D eigenvalue weighted by Crippen LogP contribution is 2.26. The summed E-state index contributed by atoms with van der Waals surface area (Å²) < 4.78 is 7.07. The van der Waals surface area contributed by atoms with Gasteiger partial charge in [0.1, 0.15) is 0 Å². The van der Waals surface area contributed by atoms with Gasteiger partial charge >= 0.3 is 0 Å². The van der Waals surface area contributed by atoms with Crippen molar-refractivity contribution in [2.24, 2.45) is 7.05 Å². The first-order chi connectivity index (χ1) is 13.5. The van der Waals surface area contributed by atoms with Crippen molar-refractivity contribution in [3.05, 3.63) is 59.7 Å². The second-order valence-electron chi connectivity index (χ2n) is 6.93. The summed E-state index contributed by atoms with van der Waals surface area (Å²) >= 11 is 0. The number of hydrogen-bond acceptors (Lipinski definition) is 4. The van der Waals surface area contributed by atoms with Crippen molar-refractivity contribution in [3.8, 4) is 0 Å². The molecule has 1 aromatic carbocycles. The summed E-state index contributed by atoms with van der Waals surface area (Å²) in [5.74, 6) is -0.944. The second kappa shape index (κ2) is 6.99. The highest BCUT2D eigenvalue weighted by atomic mass is 16.3. The van der Waals surface area contributed by atoms with Crippen LogP contribution in [0, 0.1) is 6.92 Å². The fourth-order valence-corrected chi connectivity index (χ4v) is 3.73. The van der Waals surface area contributed by atoms with Crippen LogP contribution in [0.3, 0.4) is 0 Å². The molecule has 1 saturated heterocycles. The van der Waals surface area contributed by atoms with Crippen LogP contribution in [-0.4, -0.2) is 58.1 Å². The Kier molecular flexibility index (Phi) is 4.50. The number of amides is 2. The third kappa shape index (κ3) is 2.89. The van der Waals surface area contributed by atoms with Crippen LogP contribution in [0.5, 0.6) is 0 Å². The Hall–Kier alpha value is -3.35. The quantitative estimate of drug-likeness (QED) is 0.517. The number of hydrogen-bond donors (Lipinski definition) is 0. The normalized spacial score (nSPS) is 14.5. The van der Waals surface area contributed by atoms with Crippen LogP contribution in [0.15, 0.2) is 47.1 Å². The first-order valence-electron chi connectivity index (χ1n) is 9.19. The summed E-state index contributed by atoms with van der Waals surface area (Å²) in [6, 6.07) is 10.9. The first kappa shape index (κ1) is 18.0. The van der Waals surface area contributed by atoms with Gasteiger partial charge in [-0.05, 0) is 25.1 Å². The molecule has 7 heteroatoms. The minimum Gasteiger partial charge on any atom is -0.459 e. The number of piperazine rings is 1. The molecule has 2 aromatic heterocycles. The van der Waals surface area contributed by atoms with E-state index >= 15 is 0 Å². The molecule has 0 spiro atoms. The molecule has 4 rings (SSSR count). The van der Waals surface area contributed by atoms with E-state index in [1.807, 2.05) is 42.8 Å². The molecular weight excluding hydrogens is 358 g/mol. The van der Waals surface area contributed by atoms with E-state index in [1.165, 1.54) is 11.2 Å². The molecule has 0 aliphatic carbocycles. The number of aryl methyl sites for hydroxylation is 1. The molecule has 1 fully saturated rings. The largest absolute Gasteiger partial charge is 0.459 e. The fraction of sp³-hybridized carbons (Fsp3) is 0.286. The van der Waals surface area contributed by atoms with E-state index in [0.717, 1.165) is 16.6 Å². The van der Waals surface area contributed by atoms with Crippen molar-refractivity contribution >= 4 is 28.5 Å². The number of ketones is 1. The maximum absolute atomic E-state index is 13.0. The number of carbonyl (C=O) groups is 3. The molecule has 0 unspecified atom stereocenters. The SMILES string of the molecule is Cc1c(C(=O)C(=O)N2CCN(C(=O)c3ccco3)CC2)c2ccccc2n1C. The number of aromatic nitrogens is 1. The van der Waals surface area contributed by atoms with Gasteiger partial charge < -0.3 is 18.8 Å². The minimum atomic E-state index is -0.524. The Labute approximate surface area is 162 Å². The summed E-state index contributed by atoms with van der Waals surface area (Å²) in [6.07, 6.45) is 1.46. The summed E-state index contributed by atoms with van der Waals surface area (Å²) in [5, 5.41) is 0.785. The van der Waals surface area contributed by atoms with E-state index in [0.29, 0.717) is 31.7 Å². The van der Waals surface area contributed by atoms with Crippen molar-refractivity contribution in [3.63, 3.8) is 0 Å². The van der Waals surface area contributed by atoms with Crippen LogP contribution in [0.25, 0.3) is 10.9 Å². The summed E-state index contributed by atoms with van der Waals surface area (Å²) in [4.78, 5) is 41.4. The molecule has 7 nitrogen and oxygen atoms in total. The van der Waals surface area contributed by atoms with Crippen molar-refractivity contribution < 1.29 is 18.8 Å². The number of Topliss-reactive ketones (excluding diaryl/α,β-unsaturated/α-hetero) is 1. The second-order valence-corrected chi connectivity index (χ2v) is 6.93. The molecule has 0 atom stereocenters. The van der Waals surface area contributed by atoms with E-state index in [2.05, 4.69) is 0 Å². The van der Waals surface area contributed by atoms with Gasteiger partial charge in [-0.3, -0.25) is 14.4 Å². The number of carbonyl (C=O) groups excluding carboxylic acids is 3. The highest BCUT2D eigenvalue weighted by Gasteiger charge is 2.31. The Balaban J connectivity index is 1.50. The van der Waals surface area contributed by atoms with Gasteiger partial charge in [0.05, 0.1) is 11.8 Å². The molecule has 0 N–H and O–H groups in total. The van der Waals surface area contributed by atoms with E-state index in [4.69, 9.17) is 4.42 Å². The summed E-state index contributed by atoms with van der Waals surface area (Å²) in [6.45, 7) is 3.22. The minimum absolute atomic E-state index is 0.201. The average Bonchev–Trinajstić information content (AvgIpc) is 3.35. The van der Waals surface area contributed by atoms with Crippen LogP contribution in [0.2, 0.25) is 0 Å². The maximum Gasteiger partial charge on any atom is 0.295 e. The van der Waals surface area contributed by atoms with Crippen LogP contribution in [0.1, 0.15) is 26.6 Å². The van der Waals surface area contributed by atoms with Gasteiger partial charge in [0.25, 0.3) is 17.6 Å². The molecule has 0 bridgehead atoms. The third-order valence-electron chi connectivity index (χ3n) is 5.41. The molecule has 2 amide bonds. The van der Waals surface area contributed by atoms with E-state index in [9.17, 15) is 14.4 Å². The van der Waals surface area contributed by atoms with Crippen molar-refractivity contribution in [1.29, 1.82) is 0 Å². The molecule has 28 heavy (non-hydrogen) atoms. The molecule has 0 saturated carbocycles. The molecule has 144 valence electrons. The van der Waals surface area contributed by atoms with Gasteiger partial charge in [0.2, 0.25) is 0 Å². The number of para-hydroxylation sites is 1. The van der Waals surface area contributed by atoms with Gasteiger partial charge in [0.15, 0.2) is 5.76 Å². The first-order valence-corrected chi connectivity index (χ1v) is 9.19. The van der Waals surface area contributed by atoms with E-state index in [-0.39, 0.29) is 11.7 Å². The van der Waals surface area contributed by atoms with Crippen LogP contribution < -0.4 is 0 Å². The Morgan fingerprint density at radius 2 is 1.61 bits per heavy atom. The number of benzene rings is 1. The maximum atomic E-state index is 13.0. The molecular formula is C21H21N3O4. The standard InChI is InChI=1S/C21H21N3O4/c1-14-18(15-6-3-4-7-16(15)22(14)2)19(25)21(27)24-11-9-23(10-12-24)20(26)17-8-5-13-28-17/h3-8,13H,9-12H2,1-2H3. The van der Waals surface area contributed by atoms with Crippen molar-refractivity contribution in [1.82, 2.24) is 14.4 Å². The lowest BCUT2D eigenvalue weighted by Gasteiger charge is -2.33. The van der Waals surface area contributed by atoms with Gasteiger partial charge in [-0.1, -0.05) is 18.2 Å². The summed E-state index contributed by atoms with van der Waals surface area (Å²) in [7, 11) is 1.89. The van der Waals surface area contributed by atoms with Crippen molar-refractivity contribution in [2.45, 2.75) is 6.92 Å². The number of furan rings is 1. The van der Waals surface area contributed by atoms with Gasteiger partial charge in [-0.25, -0.2) is 0 Å². The monoisotopic (exact) mass is 379 g/mol. The topological polar surface area (TPSA) is 75.8 Å². The predicted octanol–water partition coefficient (Wildman–Crippen LogP) is 2.25. The Bertz CT molecular complexity index is 1060. The zero-order valence-electron chi connectivity index (χ0n) is 15.8. The fourth-order valence-electron chi connectivity index (χ4n) is 3.73. The highest BCUT2D eigenvalue weighted by molar-refractivity contribution is 6.45. The number of rotatable bonds is 3. The average molecular weight is 379 g/mol.